The van der Waals surface area contributed by atoms with Crippen LogP contribution in [0, 0.1) is 0 Å². The molecule has 0 bridgehead atoms. The second-order valence-electron chi connectivity index (χ2n) is 5.65. The Bertz CT molecular complexity index is 700. The number of rotatable bonds is 3. The molecule has 0 atom stereocenters. The van der Waals surface area contributed by atoms with Crippen molar-refractivity contribution < 1.29 is 19.1 Å². The van der Waals surface area contributed by atoms with Gasteiger partial charge in [0.1, 0.15) is 11.2 Å². The average Bonchev–Trinajstić information content (AvgIpc) is 2.79. The minimum atomic E-state index is -0.582. The van der Waals surface area contributed by atoms with Crippen molar-refractivity contribution in [3.8, 4) is 0 Å². The predicted octanol–water partition coefficient (Wildman–Crippen LogP) is 2.86. The molecular formula is C15H19N3O4. The molecule has 0 aliphatic rings. The van der Waals surface area contributed by atoms with E-state index in [-0.39, 0.29) is 6.61 Å². The van der Waals surface area contributed by atoms with E-state index in [0.29, 0.717) is 16.8 Å². The smallest absolute Gasteiger partial charge is 0.412 e. The van der Waals surface area contributed by atoms with Crippen LogP contribution in [0.1, 0.15) is 38.1 Å². The van der Waals surface area contributed by atoms with Crippen molar-refractivity contribution in [1.82, 2.24) is 9.61 Å². The van der Waals surface area contributed by atoms with Crippen LogP contribution in [0.5, 0.6) is 0 Å². The number of amides is 1. The number of pyridine rings is 1. The number of hydrogen-bond acceptors (Lipinski definition) is 5. The van der Waals surface area contributed by atoms with Crippen LogP contribution in [0.4, 0.5) is 10.5 Å². The van der Waals surface area contributed by atoms with E-state index in [2.05, 4.69) is 10.4 Å². The first kappa shape index (κ1) is 15.8. The summed E-state index contributed by atoms with van der Waals surface area (Å²) < 4.78 is 11.7. The summed E-state index contributed by atoms with van der Waals surface area (Å²) >= 11 is 0. The molecule has 2 heterocycles. The maximum absolute atomic E-state index is 11.9. The van der Waals surface area contributed by atoms with Crippen molar-refractivity contribution in [3.63, 3.8) is 0 Å². The molecule has 1 amide bonds. The number of carbonyl (C=O) groups is 2. The second kappa shape index (κ2) is 6.05. The van der Waals surface area contributed by atoms with Crippen molar-refractivity contribution in [1.29, 1.82) is 0 Å². The number of carbonyl (C=O) groups excluding carboxylic acids is 2. The number of aromatic nitrogens is 2. The van der Waals surface area contributed by atoms with Crippen molar-refractivity contribution in [2.75, 3.05) is 11.9 Å². The van der Waals surface area contributed by atoms with Crippen LogP contribution < -0.4 is 5.32 Å². The van der Waals surface area contributed by atoms with Gasteiger partial charge in [-0.1, -0.05) is 0 Å². The highest BCUT2D eigenvalue weighted by atomic mass is 16.6. The Morgan fingerprint density at radius 3 is 2.73 bits per heavy atom. The number of anilines is 1. The molecule has 0 saturated heterocycles. The molecule has 118 valence electrons. The van der Waals surface area contributed by atoms with Crippen molar-refractivity contribution in [2.45, 2.75) is 33.3 Å². The lowest BCUT2D eigenvalue weighted by atomic mass is 10.2. The molecule has 0 radical (unpaired) electrons. The van der Waals surface area contributed by atoms with Gasteiger partial charge in [-0.2, -0.15) is 5.10 Å². The maximum Gasteiger partial charge on any atom is 0.412 e. The van der Waals surface area contributed by atoms with Gasteiger partial charge in [-0.25, -0.2) is 14.1 Å². The highest BCUT2D eigenvalue weighted by Crippen LogP contribution is 2.18. The summed E-state index contributed by atoms with van der Waals surface area (Å²) in [5.41, 5.74) is 0.815. The number of nitrogens with zero attached hydrogens (tertiary/aromatic N) is 2. The third kappa shape index (κ3) is 3.75. The van der Waals surface area contributed by atoms with Gasteiger partial charge in [0.15, 0.2) is 0 Å². The van der Waals surface area contributed by atoms with Crippen LogP contribution in [0.25, 0.3) is 5.52 Å². The molecule has 7 nitrogen and oxygen atoms in total. The van der Waals surface area contributed by atoms with E-state index < -0.39 is 17.7 Å². The quantitative estimate of drug-likeness (QED) is 0.882. The van der Waals surface area contributed by atoms with Crippen LogP contribution in [-0.4, -0.2) is 33.9 Å². The molecule has 2 rings (SSSR count). The van der Waals surface area contributed by atoms with E-state index in [9.17, 15) is 9.59 Å². The number of hydrogen-bond donors (Lipinski definition) is 1. The zero-order chi connectivity index (χ0) is 16.3. The van der Waals surface area contributed by atoms with E-state index in [1.165, 1.54) is 10.7 Å². The van der Waals surface area contributed by atoms with Crippen LogP contribution in [0.3, 0.4) is 0 Å². The maximum atomic E-state index is 11.9. The highest BCUT2D eigenvalue weighted by Gasteiger charge is 2.18. The Morgan fingerprint density at radius 1 is 1.36 bits per heavy atom. The van der Waals surface area contributed by atoms with Gasteiger partial charge in [0.2, 0.25) is 0 Å². The molecule has 2 aromatic rings. The molecular weight excluding hydrogens is 286 g/mol. The first-order valence-corrected chi connectivity index (χ1v) is 6.94. The third-order valence-electron chi connectivity index (χ3n) is 2.66. The first-order chi connectivity index (χ1) is 10.3. The first-order valence-electron chi connectivity index (χ1n) is 6.94. The largest absolute Gasteiger partial charge is 0.462 e. The zero-order valence-corrected chi connectivity index (χ0v) is 13.0. The van der Waals surface area contributed by atoms with Crippen LogP contribution in [0.2, 0.25) is 0 Å². The zero-order valence-electron chi connectivity index (χ0n) is 13.0. The summed E-state index contributed by atoms with van der Waals surface area (Å²) in [7, 11) is 0. The normalized spacial score (nSPS) is 11.3. The summed E-state index contributed by atoms with van der Waals surface area (Å²) in [5, 5.41) is 6.70. The lowest BCUT2D eigenvalue weighted by Gasteiger charge is -2.19. The molecule has 0 unspecified atom stereocenters. The van der Waals surface area contributed by atoms with Crippen molar-refractivity contribution in [3.05, 3.63) is 30.1 Å². The Kier molecular flexibility index (Phi) is 4.35. The van der Waals surface area contributed by atoms with Crippen LogP contribution >= 0.6 is 0 Å². The van der Waals surface area contributed by atoms with Gasteiger partial charge in [-0.15, -0.1) is 0 Å². The number of ether oxygens (including phenoxy) is 2. The summed E-state index contributed by atoms with van der Waals surface area (Å²) in [4.78, 5) is 23.6. The fourth-order valence-electron chi connectivity index (χ4n) is 1.85. The predicted molar refractivity (Wildman–Crippen MR) is 81.0 cm³/mol. The van der Waals surface area contributed by atoms with Crippen molar-refractivity contribution in [2.24, 2.45) is 0 Å². The molecule has 0 aliphatic carbocycles. The standard InChI is InChI=1S/C15H19N3O4/c1-5-21-13(19)11-9-16-18-7-6-10(8-12(11)18)17-14(20)22-15(2,3)4/h6-9H,5H2,1-4H3,(H,17,20). The van der Waals surface area contributed by atoms with Crippen LogP contribution in [0.15, 0.2) is 24.5 Å². The van der Waals surface area contributed by atoms with E-state index in [0.717, 1.165) is 0 Å². The van der Waals surface area contributed by atoms with E-state index in [1.54, 1.807) is 46.0 Å². The van der Waals surface area contributed by atoms with Gasteiger partial charge in [0, 0.05) is 11.9 Å². The second-order valence-corrected chi connectivity index (χ2v) is 5.65. The highest BCUT2D eigenvalue weighted by molar-refractivity contribution is 5.97. The Hall–Kier alpha value is -2.57. The lowest BCUT2D eigenvalue weighted by Crippen LogP contribution is -2.27. The summed E-state index contributed by atoms with van der Waals surface area (Å²) in [6.07, 6.45) is 2.52. The Balaban J connectivity index is 2.24. The number of esters is 1. The molecule has 1 N–H and O–H groups in total. The SMILES string of the molecule is CCOC(=O)c1cnn2ccc(NC(=O)OC(C)(C)C)cc12. The van der Waals surface area contributed by atoms with E-state index >= 15 is 0 Å². The minimum Gasteiger partial charge on any atom is -0.462 e. The molecule has 22 heavy (non-hydrogen) atoms. The van der Waals surface area contributed by atoms with Gasteiger partial charge in [-0.3, -0.25) is 5.32 Å². The molecule has 0 aliphatic heterocycles. The van der Waals surface area contributed by atoms with Gasteiger partial charge >= 0.3 is 12.1 Å². The van der Waals surface area contributed by atoms with Crippen molar-refractivity contribution >= 4 is 23.3 Å². The number of nitrogens with one attached hydrogen (secondary N) is 1. The monoisotopic (exact) mass is 305 g/mol. The Morgan fingerprint density at radius 2 is 2.09 bits per heavy atom. The number of fused-ring (bicyclic) bond motifs is 1. The molecule has 0 aromatic carbocycles. The third-order valence-corrected chi connectivity index (χ3v) is 2.66. The van der Waals surface area contributed by atoms with E-state index in [1.807, 2.05) is 0 Å². The molecule has 0 saturated carbocycles. The summed E-state index contributed by atoms with van der Waals surface area (Å²) in [5.74, 6) is -0.452. The lowest BCUT2D eigenvalue weighted by molar-refractivity contribution is 0.0528. The van der Waals surface area contributed by atoms with Gasteiger partial charge in [-0.05, 0) is 39.8 Å². The minimum absolute atomic E-state index is 0.284. The molecule has 2 aromatic heterocycles. The topological polar surface area (TPSA) is 81.9 Å². The van der Waals surface area contributed by atoms with Crippen LogP contribution in [-0.2, 0) is 9.47 Å². The fraction of sp³-hybridized carbons (Fsp3) is 0.400. The average molecular weight is 305 g/mol. The molecule has 0 fully saturated rings. The Labute approximate surface area is 128 Å². The van der Waals surface area contributed by atoms with Gasteiger partial charge in [0.05, 0.1) is 18.3 Å². The summed E-state index contributed by atoms with van der Waals surface area (Å²) in [6, 6.07) is 3.31. The van der Waals surface area contributed by atoms with Gasteiger partial charge in [0.25, 0.3) is 0 Å². The molecule has 7 heteroatoms. The van der Waals surface area contributed by atoms with Gasteiger partial charge < -0.3 is 9.47 Å². The molecule has 0 spiro atoms. The van der Waals surface area contributed by atoms with E-state index in [4.69, 9.17) is 9.47 Å². The fourth-order valence-corrected chi connectivity index (χ4v) is 1.85. The summed E-state index contributed by atoms with van der Waals surface area (Å²) in [6.45, 7) is 7.37.